The Morgan fingerprint density at radius 2 is 1.86 bits per heavy atom. The molecule has 0 aliphatic heterocycles. The molecule has 2 N–H and O–H groups in total. The van der Waals surface area contributed by atoms with Gasteiger partial charge in [0.1, 0.15) is 23.1 Å². The number of hydrogen-bond donors (Lipinski definition) is 2. The summed E-state index contributed by atoms with van der Waals surface area (Å²) in [6.07, 6.45) is 0.836. The van der Waals surface area contributed by atoms with Crippen LogP contribution in [0, 0.1) is 13.8 Å². The summed E-state index contributed by atoms with van der Waals surface area (Å²) in [4.78, 5) is 21.5. The molecular weight excluding hydrogens is 352 g/mol. The summed E-state index contributed by atoms with van der Waals surface area (Å²) in [5, 5.41) is 6.21. The van der Waals surface area contributed by atoms with Crippen LogP contribution in [0.1, 0.15) is 34.4 Å². The number of ether oxygens (including phenoxy) is 1. The van der Waals surface area contributed by atoms with Gasteiger partial charge in [-0.25, -0.2) is 9.97 Å². The lowest BCUT2D eigenvalue weighted by molar-refractivity contribution is 0.102. The molecule has 1 aromatic heterocycles. The summed E-state index contributed by atoms with van der Waals surface area (Å²) in [5.74, 6) is 1.54. The molecule has 0 aliphatic carbocycles. The Balaban J connectivity index is 1.86. The highest BCUT2D eigenvalue weighted by Gasteiger charge is 2.14. The van der Waals surface area contributed by atoms with Crippen molar-refractivity contribution in [2.75, 3.05) is 17.7 Å². The fourth-order valence-corrected chi connectivity index (χ4v) is 2.98. The summed E-state index contributed by atoms with van der Waals surface area (Å²) in [6, 6.07) is 15.1. The summed E-state index contributed by atoms with van der Waals surface area (Å²) < 4.78 is 5.24. The minimum Gasteiger partial charge on any atom is -0.497 e. The SMILES string of the molecule is CCc1cccc(C)c1NC(=O)c1cc(Nc2cccc(OC)c2)nc(C)n1. The van der Waals surface area contributed by atoms with E-state index in [0.717, 1.165) is 34.7 Å². The van der Waals surface area contributed by atoms with Crippen molar-refractivity contribution < 1.29 is 9.53 Å². The van der Waals surface area contributed by atoms with Gasteiger partial charge < -0.3 is 15.4 Å². The number of anilines is 3. The van der Waals surface area contributed by atoms with Crippen LogP contribution in [0.5, 0.6) is 5.75 Å². The molecule has 3 rings (SSSR count). The normalized spacial score (nSPS) is 10.4. The van der Waals surface area contributed by atoms with Crippen molar-refractivity contribution in [1.82, 2.24) is 9.97 Å². The fourth-order valence-electron chi connectivity index (χ4n) is 2.98. The zero-order valence-electron chi connectivity index (χ0n) is 16.5. The third kappa shape index (κ3) is 4.46. The highest BCUT2D eigenvalue weighted by atomic mass is 16.5. The molecule has 2 aromatic carbocycles. The first-order chi connectivity index (χ1) is 13.5. The molecule has 28 heavy (non-hydrogen) atoms. The second-order valence-electron chi connectivity index (χ2n) is 6.46. The molecule has 0 saturated heterocycles. The molecule has 0 saturated carbocycles. The highest BCUT2D eigenvalue weighted by molar-refractivity contribution is 6.04. The van der Waals surface area contributed by atoms with E-state index in [1.54, 1.807) is 20.1 Å². The second kappa shape index (κ2) is 8.52. The highest BCUT2D eigenvalue weighted by Crippen LogP contribution is 2.23. The molecule has 0 spiro atoms. The Hall–Kier alpha value is -3.41. The minimum absolute atomic E-state index is 0.261. The molecule has 0 bridgehead atoms. The lowest BCUT2D eigenvalue weighted by atomic mass is 10.1. The number of benzene rings is 2. The van der Waals surface area contributed by atoms with Crippen molar-refractivity contribution in [3.05, 3.63) is 71.2 Å². The molecule has 3 aromatic rings. The van der Waals surface area contributed by atoms with Crippen molar-refractivity contribution in [3.8, 4) is 5.75 Å². The maximum Gasteiger partial charge on any atom is 0.274 e. The van der Waals surface area contributed by atoms with E-state index >= 15 is 0 Å². The van der Waals surface area contributed by atoms with Gasteiger partial charge in [0.05, 0.1) is 7.11 Å². The van der Waals surface area contributed by atoms with Gasteiger partial charge >= 0.3 is 0 Å². The first-order valence-corrected chi connectivity index (χ1v) is 9.16. The van der Waals surface area contributed by atoms with Crippen molar-refractivity contribution in [1.29, 1.82) is 0 Å². The number of aromatic nitrogens is 2. The van der Waals surface area contributed by atoms with Gasteiger partial charge in [0, 0.05) is 23.5 Å². The number of para-hydroxylation sites is 1. The Bertz CT molecular complexity index is 1000. The Morgan fingerprint density at radius 1 is 1.07 bits per heavy atom. The topological polar surface area (TPSA) is 76.1 Å². The van der Waals surface area contributed by atoms with Crippen LogP contribution in [0.25, 0.3) is 0 Å². The number of hydrogen-bond acceptors (Lipinski definition) is 5. The van der Waals surface area contributed by atoms with Crippen LogP contribution in [-0.4, -0.2) is 23.0 Å². The molecular formula is C22H24N4O2. The molecule has 0 radical (unpaired) electrons. The maximum absolute atomic E-state index is 12.8. The smallest absolute Gasteiger partial charge is 0.274 e. The van der Waals surface area contributed by atoms with E-state index in [4.69, 9.17) is 4.74 Å². The lowest BCUT2D eigenvalue weighted by Crippen LogP contribution is -2.17. The zero-order chi connectivity index (χ0) is 20.1. The van der Waals surface area contributed by atoms with E-state index < -0.39 is 0 Å². The van der Waals surface area contributed by atoms with Crippen molar-refractivity contribution in [2.45, 2.75) is 27.2 Å². The number of aryl methyl sites for hydroxylation is 3. The number of nitrogens with zero attached hydrogens (tertiary/aromatic N) is 2. The Kier molecular flexibility index (Phi) is 5.89. The van der Waals surface area contributed by atoms with Crippen LogP contribution in [0.2, 0.25) is 0 Å². The predicted molar refractivity (Wildman–Crippen MR) is 112 cm³/mol. The first kappa shape index (κ1) is 19.4. The Labute approximate surface area is 165 Å². The summed E-state index contributed by atoms with van der Waals surface area (Å²) in [5.41, 5.74) is 4.08. The maximum atomic E-state index is 12.8. The fraction of sp³-hybridized carbons (Fsp3) is 0.227. The molecule has 1 heterocycles. The largest absolute Gasteiger partial charge is 0.497 e. The number of rotatable bonds is 6. The summed E-state index contributed by atoms with van der Waals surface area (Å²) >= 11 is 0. The second-order valence-corrected chi connectivity index (χ2v) is 6.46. The van der Waals surface area contributed by atoms with Crippen molar-refractivity contribution in [2.24, 2.45) is 0 Å². The molecule has 0 unspecified atom stereocenters. The molecule has 0 fully saturated rings. The van der Waals surface area contributed by atoms with E-state index in [2.05, 4.69) is 27.5 Å². The van der Waals surface area contributed by atoms with Gasteiger partial charge in [-0.2, -0.15) is 0 Å². The number of carbonyl (C=O) groups excluding carboxylic acids is 1. The molecule has 144 valence electrons. The Morgan fingerprint density at radius 3 is 2.61 bits per heavy atom. The van der Waals surface area contributed by atoms with Gasteiger partial charge in [0.15, 0.2) is 0 Å². The summed E-state index contributed by atoms with van der Waals surface area (Å²) in [7, 11) is 1.62. The third-order valence-electron chi connectivity index (χ3n) is 4.39. The van der Waals surface area contributed by atoms with Crippen LogP contribution in [-0.2, 0) is 6.42 Å². The van der Waals surface area contributed by atoms with E-state index in [1.807, 2.05) is 49.4 Å². The molecule has 6 heteroatoms. The predicted octanol–water partition coefficient (Wildman–Crippen LogP) is 4.66. The van der Waals surface area contributed by atoms with Gasteiger partial charge in [-0.3, -0.25) is 4.79 Å². The molecule has 6 nitrogen and oxygen atoms in total. The number of amides is 1. The van der Waals surface area contributed by atoms with Crippen molar-refractivity contribution >= 4 is 23.1 Å². The number of nitrogens with one attached hydrogen (secondary N) is 2. The van der Waals surface area contributed by atoms with E-state index in [-0.39, 0.29) is 5.91 Å². The van der Waals surface area contributed by atoms with Gasteiger partial charge in [0.2, 0.25) is 0 Å². The van der Waals surface area contributed by atoms with Gasteiger partial charge in [0.25, 0.3) is 5.91 Å². The van der Waals surface area contributed by atoms with Gasteiger partial charge in [-0.15, -0.1) is 0 Å². The first-order valence-electron chi connectivity index (χ1n) is 9.16. The van der Waals surface area contributed by atoms with Crippen LogP contribution >= 0.6 is 0 Å². The van der Waals surface area contributed by atoms with E-state index in [0.29, 0.717) is 17.3 Å². The number of carbonyl (C=O) groups is 1. The third-order valence-corrected chi connectivity index (χ3v) is 4.39. The summed E-state index contributed by atoms with van der Waals surface area (Å²) in [6.45, 7) is 5.81. The molecule has 1 amide bonds. The van der Waals surface area contributed by atoms with Crippen molar-refractivity contribution in [3.63, 3.8) is 0 Å². The zero-order valence-corrected chi connectivity index (χ0v) is 16.5. The molecule has 0 aliphatic rings. The molecule has 0 atom stereocenters. The standard InChI is InChI=1S/C22H24N4O2/c1-5-16-9-6-8-14(2)21(16)26-22(27)19-13-20(24-15(3)23-19)25-17-10-7-11-18(12-17)28-4/h6-13H,5H2,1-4H3,(H,26,27)(H,23,24,25). The number of methoxy groups -OCH3 is 1. The van der Waals surface area contributed by atoms with E-state index in [1.165, 1.54) is 0 Å². The van der Waals surface area contributed by atoms with Crippen LogP contribution in [0.4, 0.5) is 17.2 Å². The minimum atomic E-state index is -0.261. The van der Waals surface area contributed by atoms with E-state index in [9.17, 15) is 4.79 Å². The quantitative estimate of drug-likeness (QED) is 0.654. The van der Waals surface area contributed by atoms with Crippen LogP contribution in [0.3, 0.4) is 0 Å². The van der Waals surface area contributed by atoms with Crippen LogP contribution < -0.4 is 15.4 Å². The van der Waals surface area contributed by atoms with Gasteiger partial charge in [-0.1, -0.05) is 31.2 Å². The monoisotopic (exact) mass is 376 g/mol. The average molecular weight is 376 g/mol. The van der Waals surface area contributed by atoms with Crippen LogP contribution in [0.15, 0.2) is 48.5 Å². The average Bonchev–Trinajstić information content (AvgIpc) is 2.69. The lowest BCUT2D eigenvalue weighted by Gasteiger charge is -2.13. The van der Waals surface area contributed by atoms with Gasteiger partial charge in [-0.05, 0) is 43.5 Å².